The van der Waals surface area contributed by atoms with Gasteiger partial charge in [0.15, 0.2) is 0 Å². The fourth-order valence-corrected chi connectivity index (χ4v) is 2.59. The van der Waals surface area contributed by atoms with Gasteiger partial charge < -0.3 is 5.73 Å². The van der Waals surface area contributed by atoms with Crippen LogP contribution in [0.3, 0.4) is 0 Å². The molecule has 0 saturated carbocycles. The maximum absolute atomic E-state index is 13.3. The van der Waals surface area contributed by atoms with E-state index in [1.807, 2.05) is 6.92 Å². The Hall–Kier alpha value is -0.910. The van der Waals surface area contributed by atoms with Crippen molar-refractivity contribution in [1.82, 2.24) is 9.78 Å². The zero-order valence-corrected chi connectivity index (χ0v) is 12.0. The number of aryl methyl sites for hydroxylation is 1. The summed E-state index contributed by atoms with van der Waals surface area (Å²) in [6, 6.07) is 3.88. The van der Waals surface area contributed by atoms with Crippen LogP contribution in [0.5, 0.6) is 0 Å². The Morgan fingerprint density at radius 3 is 2.94 bits per heavy atom. The first kappa shape index (κ1) is 13.5. The van der Waals surface area contributed by atoms with Gasteiger partial charge in [-0.15, -0.1) is 0 Å². The summed E-state index contributed by atoms with van der Waals surface area (Å²) in [6.07, 6.45) is 1.55. The molecular weight excluding hydrogens is 321 g/mol. The molecule has 0 aliphatic heterocycles. The van der Waals surface area contributed by atoms with Crippen LogP contribution in [0.1, 0.15) is 24.2 Å². The van der Waals surface area contributed by atoms with E-state index in [1.54, 1.807) is 16.9 Å². The van der Waals surface area contributed by atoms with Crippen LogP contribution in [-0.2, 0) is 6.54 Å². The van der Waals surface area contributed by atoms with Crippen molar-refractivity contribution in [2.75, 3.05) is 0 Å². The van der Waals surface area contributed by atoms with Gasteiger partial charge in [-0.2, -0.15) is 5.10 Å². The first-order valence-corrected chi connectivity index (χ1v) is 6.63. The number of benzene rings is 1. The van der Waals surface area contributed by atoms with Crippen LogP contribution >= 0.6 is 27.5 Å². The largest absolute Gasteiger partial charge is 0.319 e. The summed E-state index contributed by atoms with van der Waals surface area (Å²) in [5.41, 5.74) is 7.50. The number of hydrogen-bond acceptors (Lipinski definition) is 2. The monoisotopic (exact) mass is 331 g/mol. The maximum atomic E-state index is 13.3. The predicted molar refractivity (Wildman–Crippen MR) is 73.0 cm³/mol. The Kier molecular flexibility index (Phi) is 4.04. The van der Waals surface area contributed by atoms with Crippen LogP contribution in [0.15, 0.2) is 28.9 Å². The van der Waals surface area contributed by atoms with Gasteiger partial charge in [-0.05, 0) is 30.7 Å². The molecule has 0 bridgehead atoms. The SMILES string of the molecule is CCn1ncc(Cl)c1C(N)c1cc(F)ccc1Br. The van der Waals surface area contributed by atoms with Gasteiger partial charge >= 0.3 is 0 Å². The summed E-state index contributed by atoms with van der Waals surface area (Å²) in [5.74, 6) is -0.331. The summed E-state index contributed by atoms with van der Waals surface area (Å²) < 4.78 is 15.8. The Bertz CT molecular complexity index is 570. The minimum Gasteiger partial charge on any atom is -0.319 e. The number of rotatable bonds is 3. The number of halogens is 3. The molecule has 0 radical (unpaired) electrons. The lowest BCUT2D eigenvalue weighted by atomic mass is 10.0. The second-order valence-electron chi connectivity index (χ2n) is 3.84. The highest BCUT2D eigenvalue weighted by atomic mass is 79.9. The molecule has 2 N–H and O–H groups in total. The Morgan fingerprint density at radius 2 is 2.28 bits per heavy atom. The summed E-state index contributed by atoms with van der Waals surface area (Å²) in [7, 11) is 0. The average Bonchev–Trinajstić information content (AvgIpc) is 2.72. The van der Waals surface area contributed by atoms with Crippen molar-refractivity contribution in [3.05, 3.63) is 51.0 Å². The molecule has 96 valence electrons. The first-order valence-electron chi connectivity index (χ1n) is 5.46. The van der Waals surface area contributed by atoms with E-state index in [0.29, 0.717) is 22.8 Å². The van der Waals surface area contributed by atoms with E-state index in [0.717, 1.165) is 4.47 Å². The van der Waals surface area contributed by atoms with Crippen LogP contribution in [0, 0.1) is 5.82 Å². The molecule has 3 nitrogen and oxygen atoms in total. The van der Waals surface area contributed by atoms with Crippen LogP contribution in [0.25, 0.3) is 0 Å². The van der Waals surface area contributed by atoms with Crippen molar-refractivity contribution < 1.29 is 4.39 Å². The molecule has 1 unspecified atom stereocenters. The molecule has 0 saturated heterocycles. The third kappa shape index (κ3) is 2.43. The summed E-state index contributed by atoms with van der Waals surface area (Å²) in [5, 5.41) is 4.62. The highest BCUT2D eigenvalue weighted by Crippen LogP contribution is 2.31. The van der Waals surface area contributed by atoms with Crippen molar-refractivity contribution in [3.63, 3.8) is 0 Å². The molecule has 1 heterocycles. The summed E-state index contributed by atoms with van der Waals surface area (Å²) in [4.78, 5) is 0. The van der Waals surface area contributed by atoms with Gasteiger partial charge in [0, 0.05) is 11.0 Å². The van der Waals surface area contributed by atoms with E-state index in [-0.39, 0.29) is 5.82 Å². The topological polar surface area (TPSA) is 43.8 Å². The predicted octanol–water partition coefficient (Wildman–Crippen LogP) is 3.51. The molecule has 1 aromatic heterocycles. The highest BCUT2D eigenvalue weighted by Gasteiger charge is 2.20. The van der Waals surface area contributed by atoms with Crippen molar-refractivity contribution in [3.8, 4) is 0 Å². The van der Waals surface area contributed by atoms with E-state index in [2.05, 4.69) is 21.0 Å². The second kappa shape index (κ2) is 5.38. The van der Waals surface area contributed by atoms with Gasteiger partial charge in [0.05, 0.1) is 23.0 Å². The van der Waals surface area contributed by atoms with Crippen molar-refractivity contribution in [1.29, 1.82) is 0 Å². The minimum absolute atomic E-state index is 0.331. The van der Waals surface area contributed by atoms with Gasteiger partial charge in [-0.3, -0.25) is 4.68 Å². The first-order chi connectivity index (χ1) is 8.54. The number of nitrogens with zero attached hydrogens (tertiary/aromatic N) is 2. The molecule has 1 aromatic carbocycles. The molecule has 0 fully saturated rings. The van der Waals surface area contributed by atoms with Crippen LogP contribution in [0.2, 0.25) is 5.02 Å². The highest BCUT2D eigenvalue weighted by molar-refractivity contribution is 9.10. The zero-order chi connectivity index (χ0) is 13.3. The van der Waals surface area contributed by atoms with Crippen molar-refractivity contribution in [2.45, 2.75) is 19.5 Å². The van der Waals surface area contributed by atoms with E-state index >= 15 is 0 Å². The molecule has 2 rings (SSSR count). The maximum Gasteiger partial charge on any atom is 0.123 e. The summed E-state index contributed by atoms with van der Waals surface area (Å²) >= 11 is 9.46. The number of nitrogens with two attached hydrogens (primary N) is 1. The fourth-order valence-electron chi connectivity index (χ4n) is 1.83. The van der Waals surface area contributed by atoms with Gasteiger partial charge in [0.1, 0.15) is 5.82 Å². The molecule has 2 aromatic rings. The lowest BCUT2D eigenvalue weighted by molar-refractivity contribution is 0.593. The quantitative estimate of drug-likeness (QED) is 0.935. The Balaban J connectivity index is 2.50. The smallest absolute Gasteiger partial charge is 0.123 e. The van der Waals surface area contributed by atoms with Gasteiger partial charge in [-0.25, -0.2) is 4.39 Å². The third-order valence-electron chi connectivity index (χ3n) is 2.72. The van der Waals surface area contributed by atoms with Gasteiger partial charge in [-0.1, -0.05) is 27.5 Å². The van der Waals surface area contributed by atoms with Crippen molar-refractivity contribution in [2.24, 2.45) is 5.73 Å². The molecule has 0 aliphatic carbocycles. The lowest BCUT2D eigenvalue weighted by Crippen LogP contribution is -2.18. The van der Waals surface area contributed by atoms with Gasteiger partial charge in [0.25, 0.3) is 0 Å². The molecule has 0 amide bonds. The number of hydrogen-bond donors (Lipinski definition) is 1. The Morgan fingerprint density at radius 1 is 1.56 bits per heavy atom. The molecular formula is C12H12BrClFN3. The fraction of sp³-hybridized carbons (Fsp3) is 0.250. The van der Waals surface area contributed by atoms with Crippen LogP contribution in [-0.4, -0.2) is 9.78 Å². The number of aromatic nitrogens is 2. The normalized spacial score (nSPS) is 12.7. The second-order valence-corrected chi connectivity index (χ2v) is 5.10. The van der Waals surface area contributed by atoms with E-state index in [4.69, 9.17) is 17.3 Å². The van der Waals surface area contributed by atoms with Crippen LogP contribution < -0.4 is 5.73 Å². The van der Waals surface area contributed by atoms with Crippen LogP contribution in [0.4, 0.5) is 4.39 Å². The third-order valence-corrected chi connectivity index (χ3v) is 3.73. The standard InChI is InChI=1S/C12H12BrClFN3/c1-2-18-12(10(14)6-17-18)11(16)8-5-7(15)3-4-9(8)13/h3-6,11H,2,16H2,1H3. The molecule has 1 atom stereocenters. The molecule has 6 heteroatoms. The van der Waals surface area contributed by atoms with Gasteiger partial charge in [0.2, 0.25) is 0 Å². The summed E-state index contributed by atoms with van der Waals surface area (Å²) in [6.45, 7) is 2.60. The lowest BCUT2D eigenvalue weighted by Gasteiger charge is -2.16. The van der Waals surface area contributed by atoms with Crippen molar-refractivity contribution >= 4 is 27.5 Å². The molecule has 0 spiro atoms. The van der Waals surface area contributed by atoms with E-state index in [9.17, 15) is 4.39 Å². The zero-order valence-electron chi connectivity index (χ0n) is 9.70. The van der Waals surface area contributed by atoms with E-state index < -0.39 is 6.04 Å². The minimum atomic E-state index is -0.523. The average molecular weight is 333 g/mol. The van der Waals surface area contributed by atoms with E-state index in [1.165, 1.54) is 12.1 Å². The molecule has 0 aliphatic rings. The Labute approximate surface area is 118 Å². The molecule has 18 heavy (non-hydrogen) atoms.